The highest BCUT2D eigenvalue weighted by atomic mass is 79.9. The lowest BCUT2D eigenvalue weighted by Crippen LogP contribution is -2.06. The fourth-order valence-electron chi connectivity index (χ4n) is 3.58. The average molecular weight is 389 g/mol. The number of benzene rings is 3. The number of rotatable bonds is 1. The highest BCUT2D eigenvalue weighted by Crippen LogP contribution is 2.35. The molecule has 0 radical (unpaired) electrons. The number of halogens is 1. The number of hydrogen-bond donors (Lipinski definition) is 1. The van der Waals surface area contributed by atoms with E-state index in [1.54, 1.807) is 0 Å². The fourth-order valence-corrected chi connectivity index (χ4v) is 3.94. The summed E-state index contributed by atoms with van der Waals surface area (Å²) in [5, 5.41) is 2.70. The van der Waals surface area contributed by atoms with Crippen molar-refractivity contribution in [3.63, 3.8) is 0 Å². The molecule has 3 aromatic carbocycles. The lowest BCUT2D eigenvalue weighted by Gasteiger charge is -2.09. The van der Waals surface area contributed by atoms with E-state index in [0.29, 0.717) is 0 Å². The third-order valence-corrected chi connectivity index (χ3v) is 5.09. The molecule has 120 valence electrons. The van der Waals surface area contributed by atoms with Crippen LogP contribution >= 0.6 is 15.9 Å². The summed E-state index contributed by atoms with van der Waals surface area (Å²) in [4.78, 5) is 15.9. The summed E-state index contributed by atoms with van der Waals surface area (Å²) in [7, 11) is 0. The maximum absolute atomic E-state index is 12.9. The molecule has 0 aliphatic rings. The summed E-state index contributed by atoms with van der Waals surface area (Å²) < 4.78 is 3.13. The second kappa shape index (κ2) is 5.33. The molecule has 0 aliphatic carbocycles. The van der Waals surface area contributed by atoms with Crippen molar-refractivity contribution in [1.29, 1.82) is 0 Å². The largest absolute Gasteiger partial charge is 0.321 e. The molecule has 0 bridgehead atoms. The van der Waals surface area contributed by atoms with E-state index >= 15 is 0 Å². The van der Waals surface area contributed by atoms with Crippen LogP contribution in [0.2, 0.25) is 0 Å². The van der Waals surface area contributed by atoms with Gasteiger partial charge in [0.25, 0.3) is 5.56 Å². The fraction of sp³-hybridized carbons (Fsp3) is 0. The third-order valence-electron chi connectivity index (χ3n) is 4.60. The maximum Gasteiger partial charge on any atom is 0.258 e. The summed E-state index contributed by atoms with van der Waals surface area (Å²) in [5.74, 6) is 0. The Kier molecular flexibility index (Phi) is 3.09. The van der Waals surface area contributed by atoms with E-state index in [1.165, 1.54) is 0 Å². The summed E-state index contributed by atoms with van der Waals surface area (Å²) in [6.07, 6.45) is 0. The SMILES string of the molecule is O=c1[nH]c2ccccc2c2c1c1cc(Br)ccc1n2-c1ccccc1. The van der Waals surface area contributed by atoms with Crippen LogP contribution in [-0.4, -0.2) is 9.55 Å². The van der Waals surface area contributed by atoms with Crippen LogP contribution in [-0.2, 0) is 0 Å². The summed E-state index contributed by atoms with van der Waals surface area (Å²) in [6, 6.07) is 24.2. The molecule has 0 saturated heterocycles. The quantitative estimate of drug-likeness (QED) is 0.410. The first-order valence-corrected chi connectivity index (χ1v) is 8.83. The number of fused-ring (bicyclic) bond motifs is 5. The van der Waals surface area contributed by atoms with Gasteiger partial charge in [-0.2, -0.15) is 0 Å². The number of pyridine rings is 1. The Bertz CT molecular complexity index is 1320. The molecular weight excluding hydrogens is 376 g/mol. The lowest BCUT2D eigenvalue weighted by molar-refractivity contribution is 1.18. The first-order chi connectivity index (χ1) is 12.2. The minimum atomic E-state index is -0.0634. The molecular formula is C21H13BrN2O. The summed E-state index contributed by atoms with van der Waals surface area (Å²) >= 11 is 3.54. The van der Waals surface area contributed by atoms with Gasteiger partial charge in [0.05, 0.1) is 21.9 Å². The predicted octanol–water partition coefficient (Wildman–Crippen LogP) is 5.39. The van der Waals surface area contributed by atoms with Crippen molar-refractivity contribution in [3.8, 4) is 5.69 Å². The van der Waals surface area contributed by atoms with E-state index in [1.807, 2.05) is 48.5 Å². The van der Waals surface area contributed by atoms with Crippen LogP contribution in [0.4, 0.5) is 0 Å². The van der Waals surface area contributed by atoms with Crippen LogP contribution in [0.3, 0.4) is 0 Å². The van der Waals surface area contributed by atoms with Crippen LogP contribution in [0.25, 0.3) is 38.4 Å². The maximum atomic E-state index is 12.9. The smallest absolute Gasteiger partial charge is 0.258 e. The van der Waals surface area contributed by atoms with E-state index in [2.05, 4.69) is 49.7 Å². The number of H-pyrrole nitrogens is 1. The zero-order chi connectivity index (χ0) is 17.0. The first kappa shape index (κ1) is 14.5. The van der Waals surface area contributed by atoms with Gasteiger partial charge in [0.15, 0.2) is 0 Å². The lowest BCUT2D eigenvalue weighted by atomic mass is 10.1. The zero-order valence-electron chi connectivity index (χ0n) is 13.2. The molecule has 0 atom stereocenters. The van der Waals surface area contributed by atoms with Gasteiger partial charge < -0.3 is 9.55 Å². The monoisotopic (exact) mass is 388 g/mol. The van der Waals surface area contributed by atoms with E-state index < -0.39 is 0 Å². The topological polar surface area (TPSA) is 37.8 Å². The molecule has 3 nitrogen and oxygen atoms in total. The van der Waals surface area contributed by atoms with E-state index in [-0.39, 0.29) is 5.56 Å². The Morgan fingerprint density at radius 2 is 1.60 bits per heavy atom. The molecule has 1 N–H and O–H groups in total. The molecule has 5 aromatic rings. The van der Waals surface area contributed by atoms with Crippen molar-refractivity contribution >= 4 is 48.6 Å². The summed E-state index contributed by atoms with van der Waals surface area (Å²) in [6.45, 7) is 0. The van der Waals surface area contributed by atoms with Crippen molar-refractivity contribution in [1.82, 2.24) is 9.55 Å². The van der Waals surface area contributed by atoms with Gasteiger partial charge in [-0.25, -0.2) is 0 Å². The van der Waals surface area contributed by atoms with Crippen LogP contribution in [0, 0.1) is 0 Å². The van der Waals surface area contributed by atoms with Crippen LogP contribution in [0.1, 0.15) is 0 Å². The zero-order valence-corrected chi connectivity index (χ0v) is 14.7. The van der Waals surface area contributed by atoms with Gasteiger partial charge in [-0.3, -0.25) is 4.79 Å². The second-order valence-corrected chi connectivity index (χ2v) is 6.97. The van der Waals surface area contributed by atoms with Gasteiger partial charge in [0.1, 0.15) is 0 Å². The minimum Gasteiger partial charge on any atom is -0.321 e. The van der Waals surface area contributed by atoms with Crippen molar-refractivity contribution in [2.24, 2.45) is 0 Å². The van der Waals surface area contributed by atoms with Crippen molar-refractivity contribution < 1.29 is 0 Å². The highest BCUT2D eigenvalue weighted by molar-refractivity contribution is 9.10. The molecule has 4 heteroatoms. The molecule has 0 unspecified atom stereocenters. The number of hydrogen-bond acceptors (Lipinski definition) is 1. The van der Waals surface area contributed by atoms with E-state index in [9.17, 15) is 4.79 Å². The van der Waals surface area contributed by atoms with Gasteiger partial charge in [0, 0.05) is 20.9 Å². The van der Waals surface area contributed by atoms with Crippen LogP contribution < -0.4 is 5.56 Å². The van der Waals surface area contributed by atoms with Gasteiger partial charge >= 0.3 is 0 Å². The Balaban J connectivity index is 2.15. The highest BCUT2D eigenvalue weighted by Gasteiger charge is 2.17. The normalized spacial score (nSPS) is 11.6. The van der Waals surface area contributed by atoms with Crippen molar-refractivity contribution in [2.75, 3.05) is 0 Å². The van der Waals surface area contributed by atoms with Gasteiger partial charge in [-0.1, -0.05) is 52.3 Å². The molecule has 0 aliphatic heterocycles. The van der Waals surface area contributed by atoms with Crippen molar-refractivity contribution in [3.05, 3.63) is 87.6 Å². The second-order valence-electron chi connectivity index (χ2n) is 6.06. The van der Waals surface area contributed by atoms with Crippen LogP contribution in [0.5, 0.6) is 0 Å². The Labute approximate surface area is 151 Å². The third kappa shape index (κ3) is 2.07. The van der Waals surface area contributed by atoms with E-state index in [0.717, 1.165) is 42.9 Å². The van der Waals surface area contributed by atoms with E-state index in [4.69, 9.17) is 0 Å². The van der Waals surface area contributed by atoms with Crippen LogP contribution in [0.15, 0.2) is 82.1 Å². The molecule has 0 fully saturated rings. The Morgan fingerprint density at radius 1 is 0.840 bits per heavy atom. The molecule has 0 spiro atoms. The number of aromatic nitrogens is 2. The first-order valence-electron chi connectivity index (χ1n) is 8.04. The van der Waals surface area contributed by atoms with Crippen molar-refractivity contribution in [2.45, 2.75) is 0 Å². The number of nitrogens with zero attached hydrogens (tertiary/aromatic N) is 1. The predicted molar refractivity (Wildman–Crippen MR) is 107 cm³/mol. The van der Waals surface area contributed by atoms with Gasteiger partial charge in [-0.05, 0) is 36.4 Å². The minimum absolute atomic E-state index is 0.0634. The molecule has 0 saturated carbocycles. The Hall–Kier alpha value is -2.85. The standard InChI is InChI=1S/C21H13BrN2O/c22-13-10-11-18-16(12-13)19-20(24(18)14-6-2-1-3-7-14)15-8-4-5-9-17(15)23-21(19)25/h1-12H,(H,23,25). The molecule has 25 heavy (non-hydrogen) atoms. The van der Waals surface area contributed by atoms with Gasteiger partial charge in [0.2, 0.25) is 0 Å². The molecule has 5 rings (SSSR count). The molecule has 2 heterocycles. The Morgan fingerprint density at radius 3 is 2.44 bits per heavy atom. The molecule has 2 aromatic heterocycles. The average Bonchev–Trinajstić information content (AvgIpc) is 2.97. The number of para-hydroxylation sites is 2. The summed E-state index contributed by atoms with van der Waals surface area (Å²) in [5.41, 5.74) is 3.79. The number of aromatic amines is 1. The molecule has 0 amide bonds. The number of nitrogens with one attached hydrogen (secondary N) is 1. The van der Waals surface area contributed by atoms with Gasteiger partial charge in [-0.15, -0.1) is 0 Å².